The lowest BCUT2D eigenvalue weighted by atomic mass is 9.74. The topological polar surface area (TPSA) is 70.1 Å². The van der Waals surface area contributed by atoms with Crippen LogP contribution in [0.5, 0.6) is 0 Å². The van der Waals surface area contributed by atoms with Crippen LogP contribution in [0.1, 0.15) is 24.1 Å². The molecule has 106 valence electrons. The fraction of sp³-hybridized carbons (Fsp3) is 0.692. The molecule has 0 aliphatic carbocycles. The van der Waals surface area contributed by atoms with E-state index < -0.39 is 5.41 Å². The molecule has 2 heterocycles. The molecule has 1 aliphatic heterocycles. The van der Waals surface area contributed by atoms with Gasteiger partial charge in [-0.1, -0.05) is 11.6 Å². The van der Waals surface area contributed by atoms with Crippen LogP contribution in [-0.2, 0) is 23.0 Å². The minimum absolute atomic E-state index is 0.149. The molecule has 0 spiro atoms. The first-order valence-electron chi connectivity index (χ1n) is 6.49. The second-order valence-electron chi connectivity index (χ2n) is 5.18. The van der Waals surface area contributed by atoms with Crippen LogP contribution in [0, 0.1) is 12.3 Å². The fourth-order valence-electron chi connectivity index (χ4n) is 2.58. The molecule has 1 aromatic heterocycles. The van der Waals surface area contributed by atoms with Crippen LogP contribution in [0.4, 0.5) is 0 Å². The third-order valence-corrected chi connectivity index (χ3v) is 4.51. The summed E-state index contributed by atoms with van der Waals surface area (Å²) in [4.78, 5) is 12.6. The Morgan fingerprint density at radius 2 is 2.16 bits per heavy atom. The van der Waals surface area contributed by atoms with Crippen LogP contribution < -0.4 is 5.73 Å². The van der Waals surface area contributed by atoms with E-state index in [4.69, 9.17) is 22.1 Å². The molecule has 1 saturated heterocycles. The van der Waals surface area contributed by atoms with Gasteiger partial charge in [-0.2, -0.15) is 5.10 Å². The second kappa shape index (κ2) is 5.61. The first kappa shape index (κ1) is 14.5. The number of carbonyl (C=O) groups is 1. The lowest BCUT2D eigenvalue weighted by Crippen LogP contribution is -2.44. The predicted octanol–water partition coefficient (Wildman–Crippen LogP) is 1.25. The van der Waals surface area contributed by atoms with Gasteiger partial charge >= 0.3 is 0 Å². The van der Waals surface area contributed by atoms with Crippen molar-refractivity contribution in [2.45, 2.75) is 26.2 Å². The van der Waals surface area contributed by atoms with Crippen LogP contribution in [-0.4, -0.2) is 35.3 Å². The molecule has 0 radical (unpaired) electrons. The summed E-state index contributed by atoms with van der Waals surface area (Å²) in [6.07, 6.45) is 1.69. The predicted molar refractivity (Wildman–Crippen MR) is 73.2 cm³/mol. The van der Waals surface area contributed by atoms with Gasteiger partial charge in [-0.3, -0.25) is 9.48 Å². The van der Waals surface area contributed by atoms with Crippen LogP contribution in [0.15, 0.2) is 0 Å². The van der Waals surface area contributed by atoms with E-state index >= 15 is 0 Å². The fourth-order valence-corrected chi connectivity index (χ4v) is 2.82. The summed E-state index contributed by atoms with van der Waals surface area (Å²) in [5.41, 5.74) is 7.01. The van der Waals surface area contributed by atoms with Crippen molar-refractivity contribution in [3.8, 4) is 0 Å². The molecule has 0 aromatic carbocycles. The minimum atomic E-state index is -0.455. The molecular weight excluding hydrogens is 266 g/mol. The number of rotatable bonds is 4. The van der Waals surface area contributed by atoms with Gasteiger partial charge in [0.15, 0.2) is 0 Å². The van der Waals surface area contributed by atoms with E-state index in [1.54, 1.807) is 11.7 Å². The monoisotopic (exact) mass is 285 g/mol. The first-order valence-corrected chi connectivity index (χ1v) is 6.87. The average molecular weight is 286 g/mol. The molecule has 1 fully saturated rings. The van der Waals surface area contributed by atoms with E-state index in [1.165, 1.54) is 0 Å². The smallest absolute Gasteiger partial charge is 0.145 e. The van der Waals surface area contributed by atoms with E-state index in [0.29, 0.717) is 44.2 Å². The largest absolute Gasteiger partial charge is 0.381 e. The zero-order chi connectivity index (χ0) is 14.0. The third kappa shape index (κ3) is 2.68. The van der Waals surface area contributed by atoms with Crippen LogP contribution >= 0.6 is 11.6 Å². The van der Waals surface area contributed by atoms with Crippen LogP contribution in [0.2, 0.25) is 5.15 Å². The van der Waals surface area contributed by atoms with E-state index in [2.05, 4.69) is 5.10 Å². The molecule has 0 saturated carbocycles. The Balaban J connectivity index is 2.19. The maximum Gasteiger partial charge on any atom is 0.145 e. The number of carbonyl (C=O) groups excluding carboxylic acids is 1. The number of Topliss-reactive ketones (excluding diaryl/α,β-unsaturated/α-hetero) is 1. The summed E-state index contributed by atoms with van der Waals surface area (Å²) in [5, 5.41) is 4.77. The zero-order valence-corrected chi connectivity index (χ0v) is 12.2. The highest BCUT2D eigenvalue weighted by molar-refractivity contribution is 6.30. The van der Waals surface area contributed by atoms with Crippen molar-refractivity contribution < 1.29 is 9.53 Å². The molecule has 2 N–H and O–H groups in total. The van der Waals surface area contributed by atoms with Crippen LogP contribution in [0.3, 0.4) is 0 Å². The van der Waals surface area contributed by atoms with Gasteiger partial charge in [0.25, 0.3) is 0 Å². The zero-order valence-electron chi connectivity index (χ0n) is 11.4. The van der Waals surface area contributed by atoms with E-state index in [-0.39, 0.29) is 5.78 Å². The van der Waals surface area contributed by atoms with E-state index in [9.17, 15) is 4.79 Å². The Kier molecular flexibility index (Phi) is 4.28. The third-order valence-electron chi connectivity index (χ3n) is 4.04. The number of halogens is 1. The van der Waals surface area contributed by atoms with Gasteiger partial charge in [-0.05, 0) is 19.8 Å². The molecule has 1 aromatic rings. The quantitative estimate of drug-likeness (QED) is 0.904. The lowest BCUT2D eigenvalue weighted by molar-refractivity contribution is -0.132. The van der Waals surface area contributed by atoms with Gasteiger partial charge < -0.3 is 10.5 Å². The molecule has 6 heteroatoms. The number of aryl methyl sites for hydroxylation is 2. The van der Waals surface area contributed by atoms with Gasteiger partial charge in [-0.25, -0.2) is 0 Å². The Bertz CT molecular complexity index is 478. The number of hydrogen-bond donors (Lipinski definition) is 1. The maximum absolute atomic E-state index is 12.6. The number of nitrogens with two attached hydrogens (primary N) is 1. The van der Waals surface area contributed by atoms with E-state index in [1.807, 2.05) is 6.92 Å². The normalized spacial score (nSPS) is 18.5. The molecule has 0 bridgehead atoms. The van der Waals surface area contributed by atoms with Crippen molar-refractivity contribution in [3.63, 3.8) is 0 Å². The summed E-state index contributed by atoms with van der Waals surface area (Å²) in [6, 6.07) is 0. The highest BCUT2D eigenvalue weighted by Gasteiger charge is 2.38. The number of nitrogens with zero attached hydrogens (tertiary/aromatic N) is 2. The van der Waals surface area contributed by atoms with Crippen molar-refractivity contribution in [2.24, 2.45) is 18.2 Å². The SMILES string of the molecule is Cc1nn(C)c(Cl)c1CC(=O)C1(CN)CCOCC1. The second-order valence-corrected chi connectivity index (χ2v) is 5.53. The molecule has 2 rings (SSSR count). The Labute approximate surface area is 118 Å². The van der Waals surface area contributed by atoms with Gasteiger partial charge in [0, 0.05) is 44.2 Å². The summed E-state index contributed by atoms with van der Waals surface area (Å²) in [5.74, 6) is 0.149. The Morgan fingerprint density at radius 1 is 1.53 bits per heavy atom. The van der Waals surface area contributed by atoms with Gasteiger partial charge in [0.1, 0.15) is 10.9 Å². The Morgan fingerprint density at radius 3 is 2.63 bits per heavy atom. The standard InChI is InChI=1S/C13H20ClN3O2/c1-9-10(12(14)17(2)16-9)7-11(18)13(8-15)3-5-19-6-4-13/h3-8,15H2,1-2H3. The van der Waals surface area contributed by atoms with Gasteiger partial charge in [0.2, 0.25) is 0 Å². The number of ketones is 1. The highest BCUT2D eigenvalue weighted by atomic mass is 35.5. The molecule has 5 nitrogen and oxygen atoms in total. The molecule has 0 amide bonds. The molecule has 1 aliphatic rings. The van der Waals surface area contributed by atoms with Crippen molar-refractivity contribution in [3.05, 3.63) is 16.4 Å². The number of ether oxygens (including phenoxy) is 1. The van der Waals surface area contributed by atoms with Crippen LogP contribution in [0.25, 0.3) is 0 Å². The molecular formula is C13H20ClN3O2. The summed E-state index contributed by atoms with van der Waals surface area (Å²) in [7, 11) is 1.77. The lowest BCUT2D eigenvalue weighted by Gasteiger charge is -2.34. The summed E-state index contributed by atoms with van der Waals surface area (Å²) < 4.78 is 6.92. The summed E-state index contributed by atoms with van der Waals surface area (Å²) in [6.45, 7) is 3.44. The number of aromatic nitrogens is 2. The molecule has 19 heavy (non-hydrogen) atoms. The van der Waals surface area contributed by atoms with Crippen molar-refractivity contribution in [1.29, 1.82) is 0 Å². The first-order chi connectivity index (χ1) is 9.00. The van der Waals surface area contributed by atoms with Crippen molar-refractivity contribution in [1.82, 2.24) is 9.78 Å². The average Bonchev–Trinajstić information content (AvgIpc) is 2.66. The Hall–Kier alpha value is -0.910. The van der Waals surface area contributed by atoms with Gasteiger partial charge in [-0.15, -0.1) is 0 Å². The van der Waals surface area contributed by atoms with E-state index in [0.717, 1.165) is 11.3 Å². The highest BCUT2D eigenvalue weighted by Crippen LogP contribution is 2.33. The van der Waals surface area contributed by atoms with Gasteiger partial charge in [0.05, 0.1) is 5.69 Å². The molecule has 0 atom stereocenters. The molecule has 0 unspecified atom stereocenters. The maximum atomic E-state index is 12.6. The van der Waals surface area contributed by atoms with Crippen molar-refractivity contribution in [2.75, 3.05) is 19.8 Å². The summed E-state index contributed by atoms with van der Waals surface area (Å²) >= 11 is 6.18. The minimum Gasteiger partial charge on any atom is -0.381 e. The van der Waals surface area contributed by atoms with Crippen molar-refractivity contribution >= 4 is 17.4 Å². The number of hydrogen-bond acceptors (Lipinski definition) is 4.